The average Bonchev–Trinajstić information content (AvgIpc) is 3.32. The summed E-state index contributed by atoms with van der Waals surface area (Å²) in [6.45, 7) is -0.0535. The number of nitrogens with zero attached hydrogens (tertiary/aromatic N) is 2. The van der Waals surface area contributed by atoms with Crippen LogP contribution in [-0.4, -0.2) is 36.4 Å². The number of carbonyl (C=O) groups excluding carboxylic acids is 1. The number of hydrogen-bond donors (Lipinski definition) is 1. The maximum absolute atomic E-state index is 13.3. The number of anilines is 1. The van der Waals surface area contributed by atoms with Crippen molar-refractivity contribution in [3.05, 3.63) is 95.3 Å². The molecule has 4 rings (SSSR count). The molecule has 1 aliphatic rings. The second-order valence-electron chi connectivity index (χ2n) is 8.19. The van der Waals surface area contributed by atoms with Gasteiger partial charge in [-0.05, 0) is 47.5 Å². The highest BCUT2D eigenvalue weighted by Crippen LogP contribution is 2.30. The first-order chi connectivity index (χ1) is 17.2. The lowest BCUT2D eigenvalue weighted by Crippen LogP contribution is -2.40. The predicted octanol–water partition coefficient (Wildman–Crippen LogP) is 6.08. The number of ether oxygens (including phenoxy) is 1. The van der Waals surface area contributed by atoms with E-state index >= 15 is 0 Å². The van der Waals surface area contributed by atoms with Gasteiger partial charge in [-0.15, -0.1) is 0 Å². The minimum Gasteiger partial charge on any atom is -0.495 e. The third-order valence-corrected chi connectivity index (χ3v) is 5.60. The second kappa shape index (κ2) is 10.7. The van der Waals surface area contributed by atoms with Crippen molar-refractivity contribution in [1.82, 2.24) is 4.90 Å². The fourth-order valence-electron chi connectivity index (χ4n) is 3.81. The van der Waals surface area contributed by atoms with Crippen LogP contribution in [0.2, 0.25) is 0 Å². The van der Waals surface area contributed by atoms with E-state index in [-0.39, 0.29) is 18.9 Å². The van der Waals surface area contributed by atoms with Gasteiger partial charge in [0.15, 0.2) is 6.10 Å². The van der Waals surface area contributed by atoms with E-state index in [1.165, 1.54) is 36.3 Å². The Morgan fingerprint density at radius 2 is 1.86 bits per heavy atom. The van der Waals surface area contributed by atoms with Crippen molar-refractivity contribution in [1.29, 1.82) is 0 Å². The first kappa shape index (κ1) is 25.0. The molecule has 1 aliphatic heterocycles. The summed E-state index contributed by atoms with van der Waals surface area (Å²) in [6, 6.07) is 16.8. The zero-order valence-corrected chi connectivity index (χ0v) is 19.3. The van der Waals surface area contributed by atoms with Crippen LogP contribution in [0.15, 0.2) is 78.0 Å². The van der Waals surface area contributed by atoms with Gasteiger partial charge >= 0.3 is 12.2 Å². The zero-order chi connectivity index (χ0) is 25.7. The molecule has 2 amide bonds. The van der Waals surface area contributed by atoms with Gasteiger partial charge in [0, 0.05) is 13.0 Å². The lowest BCUT2D eigenvalue weighted by molar-refractivity contribution is -0.137. The largest absolute Gasteiger partial charge is 0.495 e. The Bertz CT molecular complexity index is 1250. The molecule has 0 unspecified atom stereocenters. The Kier molecular flexibility index (Phi) is 7.42. The van der Waals surface area contributed by atoms with Gasteiger partial charge in [0.25, 0.3) is 0 Å². The molecule has 0 radical (unpaired) electrons. The van der Waals surface area contributed by atoms with Crippen molar-refractivity contribution in [2.45, 2.75) is 25.2 Å². The number of nitrogens with one attached hydrogen (secondary N) is 1. The molecular formula is C26H23F4N3O3. The Hall–Kier alpha value is -4.08. The molecule has 0 aromatic heterocycles. The lowest BCUT2D eigenvalue weighted by atomic mass is 10.0. The molecule has 36 heavy (non-hydrogen) atoms. The number of alkyl halides is 3. The molecule has 188 valence electrons. The summed E-state index contributed by atoms with van der Waals surface area (Å²) >= 11 is 0. The standard InChI is InChI=1S/C26H23F4N3O3/c1-35-24-8-3-2-7-22(24)31-25(34)33(15-17-5-4-6-19(13-17)26(28,29)30)16-21-14-23(32-36-21)18-9-11-20(27)12-10-18/h2-13,21H,14-16H2,1H3,(H,31,34)/t21-/m1/s1. The number of oxime groups is 1. The van der Waals surface area contributed by atoms with Gasteiger partial charge in [0.05, 0.1) is 30.6 Å². The number of methoxy groups -OCH3 is 1. The normalized spacial score (nSPS) is 15.1. The molecule has 0 bridgehead atoms. The Labute approximate surface area is 205 Å². The summed E-state index contributed by atoms with van der Waals surface area (Å²) in [5.74, 6) is 0.0546. The molecule has 3 aromatic rings. The highest BCUT2D eigenvalue weighted by molar-refractivity contribution is 6.01. The molecule has 0 fully saturated rings. The van der Waals surface area contributed by atoms with Crippen LogP contribution in [0, 0.1) is 5.82 Å². The summed E-state index contributed by atoms with van der Waals surface area (Å²) in [5.41, 5.74) is 1.18. The van der Waals surface area contributed by atoms with Gasteiger partial charge in [-0.3, -0.25) is 0 Å². The van der Waals surface area contributed by atoms with Crippen molar-refractivity contribution < 1.29 is 31.9 Å². The van der Waals surface area contributed by atoms with E-state index in [0.29, 0.717) is 34.7 Å². The molecule has 1 N–H and O–H groups in total. The van der Waals surface area contributed by atoms with Crippen LogP contribution >= 0.6 is 0 Å². The topological polar surface area (TPSA) is 63.2 Å². The van der Waals surface area contributed by atoms with E-state index in [1.807, 2.05) is 0 Å². The van der Waals surface area contributed by atoms with E-state index in [9.17, 15) is 22.4 Å². The van der Waals surface area contributed by atoms with Crippen LogP contribution in [-0.2, 0) is 17.6 Å². The first-order valence-corrected chi connectivity index (χ1v) is 11.1. The summed E-state index contributed by atoms with van der Waals surface area (Å²) < 4.78 is 58.2. The Balaban J connectivity index is 1.53. The number of para-hydroxylation sites is 2. The average molecular weight is 501 g/mol. The van der Waals surface area contributed by atoms with E-state index in [1.54, 1.807) is 36.4 Å². The number of amides is 2. The SMILES string of the molecule is COc1ccccc1NC(=O)N(Cc1cccc(C(F)(F)F)c1)C[C@H]1CC(c2ccc(F)cc2)=NO1. The van der Waals surface area contributed by atoms with Gasteiger partial charge in [-0.1, -0.05) is 41.6 Å². The number of hydrogen-bond acceptors (Lipinski definition) is 4. The summed E-state index contributed by atoms with van der Waals surface area (Å²) in [4.78, 5) is 20.1. The van der Waals surface area contributed by atoms with Crippen LogP contribution in [0.5, 0.6) is 5.75 Å². The van der Waals surface area contributed by atoms with E-state index in [0.717, 1.165) is 12.1 Å². The highest BCUT2D eigenvalue weighted by atomic mass is 19.4. The number of rotatable bonds is 7. The lowest BCUT2D eigenvalue weighted by Gasteiger charge is -2.26. The molecule has 6 nitrogen and oxygen atoms in total. The third kappa shape index (κ3) is 6.12. The van der Waals surface area contributed by atoms with E-state index in [4.69, 9.17) is 9.57 Å². The van der Waals surface area contributed by atoms with Crippen molar-refractivity contribution in [2.24, 2.45) is 5.16 Å². The van der Waals surface area contributed by atoms with Crippen molar-refractivity contribution in [2.75, 3.05) is 19.0 Å². The van der Waals surface area contributed by atoms with Crippen LogP contribution in [0.1, 0.15) is 23.1 Å². The van der Waals surface area contributed by atoms with Crippen LogP contribution in [0.25, 0.3) is 0 Å². The number of benzene rings is 3. The third-order valence-electron chi connectivity index (χ3n) is 5.60. The molecule has 0 spiro atoms. The quantitative estimate of drug-likeness (QED) is 0.399. The number of halogens is 4. The monoisotopic (exact) mass is 501 g/mol. The molecule has 10 heteroatoms. The van der Waals surface area contributed by atoms with Gasteiger partial charge in [0.1, 0.15) is 11.6 Å². The number of carbonyl (C=O) groups is 1. The smallest absolute Gasteiger partial charge is 0.416 e. The Morgan fingerprint density at radius 1 is 1.11 bits per heavy atom. The van der Waals surface area contributed by atoms with E-state index in [2.05, 4.69) is 10.5 Å². The molecule has 3 aromatic carbocycles. The molecule has 0 aliphatic carbocycles. The molecular weight excluding hydrogens is 478 g/mol. The summed E-state index contributed by atoms with van der Waals surface area (Å²) in [6.07, 6.45) is -4.71. The zero-order valence-electron chi connectivity index (χ0n) is 19.3. The number of urea groups is 1. The van der Waals surface area contributed by atoms with Crippen LogP contribution in [0.4, 0.5) is 28.0 Å². The maximum atomic E-state index is 13.3. The molecule has 1 heterocycles. The van der Waals surface area contributed by atoms with Crippen molar-refractivity contribution in [3.8, 4) is 5.75 Å². The molecule has 0 saturated carbocycles. The Morgan fingerprint density at radius 3 is 2.58 bits per heavy atom. The van der Waals surface area contributed by atoms with Crippen LogP contribution < -0.4 is 10.1 Å². The highest BCUT2D eigenvalue weighted by Gasteiger charge is 2.31. The van der Waals surface area contributed by atoms with Crippen molar-refractivity contribution in [3.63, 3.8) is 0 Å². The summed E-state index contributed by atoms with van der Waals surface area (Å²) in [7, 11) is 1.46. The van der Waals surface area contributed by atoms with Gasteiger partial charge in [0.2, 0.25) is 0 Å². The predicted molar refractivity (Wildman–Crippen MR) is 126 cm³/mol. The van der Waals surface area contributed by atoms with Crippen LogP contribution in [0.3, 0.4) is 0 Å². The fourth-order valence-corrected chi connectivity index (χ4v) is 3.81. The van der Waals surface area contributed by atoms with Gasteiger partial charge < -0.3 is 19.8 Å². The minimum absolute atomic E-state index is 0.0470. The second-order valence-corrected chi connectivity index (χ2v) is 8.19. The summed E-state index contributed by atoms with van der Waals surface area (Å²) in [5, 5.41) is 6.82. The minimum atomic E-state index is -4.51. The van der Waals surface area contributed by atoms with Crippen molar-refractivity contribution >= 4 is 17.4 Å². The first-order valence-electron chi connectivity index (χ1n) is 11.1. The fraction of sp³-hybridized carbons (Fsp3) is 0.231. The van der Waals surface area contributed by atoms with E-state index < -0.39 is 23.9 Å². The van der Waals surface area contributed by atoms with Gasteiger partial charge in [-0.25, -0.2) is 9.18 Å². The maximum Gasteiger partial charge on any atom is 0.416 e. The van der Waals surface area contributed by atoms with Gasteiger partial charge in [-0.2, -0.15) is 13.2 Å². The molecule has 1 atom stereocenters. The molecule has 0 saturated heterocycles.